The number of H-pyrrole nitrogens is 1. The lowest BCUT2D eigenvalue weighted by atomic mass is 10.1. The molecule has 0 atom stereocenters. The highest BCUT2D eigenvalue weighted by atomic mass is 32.2. The van der Waals surface area contributed by atoms with Gasteiger partial charge in [-0.3, -0.25) is 14.2 Å². The van der Waals surface area contributed by atoms with E-state index < -0.39 is 0 Å². The van der Waals surface area contributed by atoms with Crippen LogP contribution in [0.5, 0.6) is 0 Å². The van der Waals surface area contributed by atoms with E-state index in [1.807, 2.05) is 44.2 Å². The van der Waals surface area contributed by atoms with Gasteiger partial charge in [-0.15, -0.1) is 0 Å². The van der Waals surface area contributed by atoms with Gasteiger partial charge in [0.2, 0.25) is 0 Å². The number of Topliss-reactive ketones (excluding diaryl/α,β-unsaturated/α-hetero) is 1. The zero-order valence-corrected chi connectivity index (χ0v) is 16.4. The van der Waals surface area contributed by atoms with Gasteiger partial charge in [-0.1, -0.05) is 30.0 Å². The van der Waals surface area contributed by atoms with E-state index in [0.29, 0.717) is 21.8 Å². The summed E-state index contributed by atoms with van der Waals surface area (Å²) in [5.74, 6) is 0.153. The summed E-state index contributed by atoms with van der Waals surface area (Å²) in [6, 6.07) is 16.8. The standard InChI is InChI=1S/C22H19N3O2S/c1-14-10-15(2)12-16(11-14)25-21(27)17-6-3-4-7-18(17)24-22(25)28-13-20(26)19-8-5-9-23-19/h3-12,23H,13H2,1-2H3. The number of aryl methyl sites for hydroxylation is 2. The van der Waals surface area contributed by atoms with Crippen molar-refractivity contribution in [2.75, 3.05) is 5.75 Å². The molecule has 0 amide bonds. The number of nitrogens with zero attached hydrogens (tertiary/aromatic N) is 2. The molecule has 0 saturated carbocycles. The van der Waals surface area contributed by atoms with Crippen LogP contribution in [0.25, 0.3) is 16.6 Å². The molecule has 28 heavy (non-hydrogen) atoms. The molecule has 0 radical (unpaired) electrons. The Hall–Kier alpha value is -3.12. The second-order valence-corrected chi connectivity index (χ2v) is 7.64. The first kappa shape index (κ1) is 18.3. The SMILES string of the molecule is Cc1cc(C)cc(-n2c(SCC(=O)c3ccc[nH]3)nc3ccccc3c2=O)c1. The summed E-state index contributed by atoms with van der Waals surface area (Å²) in [7, 11) is 0. The van der Waals surface area contributed by atoms with E-state index in [0.717, 1.165) is 16.8 Å². The molecule has 2 aromatic carbocycles. The van der Waals surface area contributed by atoms with Crippen molar-refractivity contribution in [3.8, 4) is 5.69 Å². The first-order valence-electron chi connectivity index (χ1n) is 8.93. The normalized spacial score (nSPS) is 11.1. The van der Waals surface area contributed by atoms with Gasteiger partial charge in [0, 0.05) is 6.20 Å². The van der Waals surface area contributed by atoms with Gasteiger partial charge in [0.25, 0.3) is 5.56 Å². The highest BCUT2D eigenvalue weighted by Gasteiger charge is 2.16. The van der Waals surface area contributed by atoms with E-state index in [4.69, 9.17) is 0 Å². The lowest BCUT2D eigenvalue weighted by Crippen LogP contribution is -2.22. The maximum absolute atomic E-state index is 13.3. The average molecular weight is 389 g/mol. The van der Waals surface area contributed by atoms with Crippen molar-refractivity contribution in [2.45, 2.75) is 19.0 Å². The van der Waals surface area contributed by atoms with E-state index in [1.54, 1.807) is 29.0 Å². The van der Waals surface area contributed by atoms with Crippen LogP contribution in [0.3, 0.4) is 0 Å². The minimum Gasteiger partial charge on any atom is -0.359 e. The molecule has 2 heterocycles. The molecule has 4 aromatic rings. The zero-order chi connectivity index (χ0) is 19.7. The number of fused-ring (bicyclic) bond motifs is 1. The number of aromatic amines is 1. The Morgan fingerprint density at radius 3 is 2.54 bits per heavy atom. The van der Waals surface area contributed by atoms with Crippen LogP contribution in [-0.2, 0) is 0 Å². The number of nitrogens with one attached hydrogen (secondary N) is 1. The molecule has 0 unspecified atom stereocenters. The van der Waals surface area contributed by atoms with Gasteiger partial charge in [-0.2, -0.15) is 0 Å². The number of hydrogen-bond acceptors (Lipinski definition) is 4. The molecular formula is C22H19N3O2S. The zero-order valence-electron chi connectivity index (χ0n) is 15.6. The average Bonchev–Trinajstić information content (AvgIpc) is 3.20. The number of ketones is 1. The molecule has 140 valence electrons. The van der Waals surface area contributed by atoms with Gasteiger partial charge in [-0.05, 0) is 61.4 Å². The molecule has 0 fully saturated rings. The first-order valence-corrected chi connectivity index (χ1v) is 9.91. The van der Waals surface area contributed by atoms with Crippen LogP contribution in [0.15, 0.2) is 70.7 Å². The third-order valence-electron chi connectivity index (χ3n) is 4.44. The molecule has 0 aliphatic carbocycles. The highest BCUT2D eigenvalue weighted by molar-refractivity contribution is 7.99. The van der Waals surface area contributed by atoms with Crippen LogP contribution in [0.1, 0.15) is 21.6 Å². The second-order valence-electron chi connectivity index (χ2n) is 6.69. The summed E-state index contributed by atoms with van der Waals surface area (Å²) in [5.41, 5.74) is 3.93. The van der Waals surface area contributed by atoms with E-state index >= 15 is 0 Å². The van der Waals surface area contributed by atoms with Crippen molar-refractivity contribution < 1.29 is 4.79 Å². The maximum Gasteiger partial charge on any atom is 0.266 e. The molecule has 0 aliphatic rings. The quantitative estimate of drug-likeness (QED) is 0.314. The van der Waals surface area contributed by atoms with Crippen LogP contribution in [0.2, 0.25) is 0 Å². The minimum absolute atomic E-state index is 0.0376. The summed E-state index contributed by atoms with van der Waals surface area (Å²) in [4.78, 5) is 33.3. The summed E-state index contributed by atoms with van der Waals surface area (Å²) < 4.78 is 1.61. The van der Waals surface area contributed by atoms with Crippen LogP contribution >= 0.6 is 11.8 Å². The molecule has 5 nitrogen and oxygen atoms in total. The molecule has 0 saturated heterocycles. The Balaban J connectivity index is 1.83. The number of carbonyl (C=O) groups excluding carboxylic acids is 1. The van der Waals surface area contributed by atoms with Gasteiger partial charge in [-0.25, -0.2) is 4.98 Å². The van der Waals surface area contributed by atoms with Gasteiger partial charge in [0.15, 0.2) is 10.9 Å². The van der Waals surface area contributed by atoms with Gasteiger partial charge in [0.05, 0.1) is 28.0 Å². The van der Waals surface area contributed by atoms with Gasteiger partial charge in [0.1, 0.15) is 0 Å². The Bertz CT molecular complexity index is 1210. The number of aromatic nitrogens is 3. The fraction of sp³-hybridized carbons (Fsp3) is 0.136. The van der Waals surface area contributed by atoms with Crippen molar-refractivity contribution in [3.05, 3.63) is 88.0 Å². The number of hydrogen-bond donors (Lipinski definition) is 1. The number of carbonyl (C=O) groups is 1. The molecule has 2 aromatic heterocycles. The second kappa shape index (κ2) is 7.48. The first-order chi connectivity index (χ1) is 13.5. The Kier molecular flexibility index (Phi) is 4.88. The molecule has 0 spiro atoms. The van der Waals surface area contributed by atoms with Crippen LogP contribution in [0.4, 0.5) is 0 Å². The van der Waals surface area contributed by atoms with Crippen LogP contribution in [0, 0.1) is 13.8 Å². The predicted octanol–water partition coefficient (Wildman–Crippen LogP) is 4.31. The minimum atomic E-state index is -0.134. The third kappa shape index (κ3) is 3.51. The molecule has 0 aliphatic heterocycles. The van der Waals surface area contributed by atoms with Crippen LogP contribution in [-0.4, -0.2) is 26.1 Å². The van der Waals surface area contributed by atoms with Gasteiger partial charge >= 0.3 is 0 Å². The number of rotatable bonds is 5. The third-order valence-corrected chi connectivity index (χ3v) is 5.38. The molecule has 0 bridgehead atoms. The number of thioether (sulfide) groups is 1. The van der Waals surface area contributed by atoms with Crippen molar-refractivity contribution in [2.24, 2.45) is 0 Å². The van der Waals surface area contributed by atoms with Crippen molar-refractivity contribution in [1.82, 2.24) is 14.5 Å². The van der Waals surface area contributed by atoms with E-state index in [1.165, 1.54) is 11.8 Å². The Morgan fingerprint density at radius 2 is 1.82 bits per heavy atom. The van der Waals surface area contributed by atoms with Crippen molar-refractivity contribution in [3.63, 3.8) is 0 Å². The van der Waals surface area contributed by atoms with E-state index in [-0.39, 0.29) is 17.1 Å². The lowest BCUT2D eigenvalue weighted by molar-refractivity contribution is 0.101. The van der Waals surface area contributed by atoms with Crippen molar-refractivity contribution >= 4 is 28.4 Å². The topological polar surface area (TPSA) is 67.8 Å². The molecule has 4 rings (SSSR count). The summed E-state index contributed by atoms with van der Waals surface area (Å²) in [5, 5.41) is 1.07. The lowest BCUT2D eigenvalue weighted by Gasteiger charge is -2.14. The summed E-state index contributed by atoms with van der Waals surface area (Å²) >= 11 is 1.27. The smallest absolute Gasteiger partial charge is 0.266 e. The van der Waals surface area contributed by atoms with E-state index in [2.05, 4.69) is 16.0 Å². The fourth-order valence-electron chi connectivity index (χ4n) is 3.23. The predicted molar refractivity (Wildman–Crippen MR) is 113 cm³/mol. The summed E-state index contributed by atoms with van der Waals surface area (Å²) in [6.45, 7) is 4.00. The van der Waals surface area contributed by atoms with E-state index in [9.17, 15) is 9.59 Å². The highest BCUT2D eigenvalue weighted by Crippen LogP contribution is 2.23. The molecule has 6 heteroatoms. The monoisotopic (exact) mass is 389 g/mol. The van der Waals surface area contributed by atoms with Crippen LogP contribution < -0.4 is 5.56 Å². The Labute approximate surface area is 166 Å². The number of para-hydroxylation sites is 1. The van der Waals surface area contributed by atoms with Crippen molar-refractivity contribution in [1.29, 1.82) is 0 Å². The molecular weight excluding hydrogens is 370 g/mol. The largest absolute Gasteiger partial charge is 0.359 e. The fourth-order valence-corrected chi connectivity index (χ4v) is 4.12. The maximum atomic E-state index is 13.3. The summed E-state index contributed by atoms with van der Waals surface area (Å²) in [6.07, 6.45) is 1.72. The van der Waals surface area contributed by atoms with Gasteiger partial charge < -0.3 is 4.98 Å². The number of benzene rings is 2. The Morgan fingerprint density at radius 1 is 1.07 bits per heavy atom. The molecule has 1 N–H and O–H groups in total.